The van der Waals surface area contributed by atoms with E-state index in [0.29, 0.717) is 6.10 Å². The van der Waals surface area contributed by atoms with Gasteiger partial charge in [0.15, 0.2) is 0 Å². The summed E-state index contributed by atoms with van der Waals surface area (Å²) in [6.45, 7) is 10.5. The molecule has 0 spiro atoms. The third-order valence-electron chi connectivity index (χ3n) is 3.50. The van der Waals surface area contributed by atoms with Crippen LogP contribution in [0.5, 0.6) is 0 Å². The maximum Gasteiger partial charge on any atom is 0.0596 e. The second-order valence-electron chi connectivity index (χ2n) is 5.11. The van der Waals surface area contributed by atoms with Gasteiger partial charge >= 0.3 is 0 Å². The molecule has 0 radical (unpaired) electrons. The van der Waals surface area contributed by atoms with Gasteiger partial charge in [-0.2, -0.15) is 0 Å². The number of hydrogen-bond donors (Lipinski definition) is 1. The van der Waals surface area contributed by atoms with Crippen LogP contribution in [0, 0.1) is 5.92 Å². The van der Waals surface area contributed by atoms with Crippen molar-refractivity contribution in [1.29, 1.82) is 0 Å². The Kier molecular flexibility index (Phi) is 6.32. The molecule has 1 fully saturated rings. The molecule has 1 N–H and O–H groups in total. The highest BCUT2D eigenvalue weighted by atomic mass is 16.5. The average Bonchev–Trinajstić information content (AvgIpc) is 2.16. The maximum absolute atomic E-state index is 5.59. The van der Waals surface area contributed by atoms with Gasteiger partial charge in [0.05, 0.1) is 12.7 Å². The summed E-state index contributed by atoms with van der Waals surface area (Å²) in [7, 11) is 2.23. The number of likely N-dealkylation sites (N-methyl/N-ethyl adjacent to an activating group) is 1. The molecule has 0 amide bonds. The third kappa shape index (κ3) is 4.40. The van der Waals surface area contributed by atoms with Crippen molar-refractivity contribution in [3.05, 3.63) is 0 Å². The van der Waals surface area contributed by atoms with Crippen LogP contribution >= 0.6 is 0 Å². The predicted octanol–water partition coefficient (Wildman–Crippen LogP) is 1.73. The average molecular weight is 228 g/mol. The van der Waals surface area contributed by atoms with Crippen LogP contribution in [0.4, 0.5) is 0 Å². The molecule has 0 saturated heterocycles. The van der Waals surface area contributed by atoms with Crippen molar-refractivity contribution >= 4 is 0 Å². The Morgan fingerprint density at radius 1 is 1.38 bits per heavy atom. The van der Waals surface area contributed by atoms with E-state index in [1.165, 1.54) is 19.4 Å². The van der Waals surface area contributed by atoms with Crippen molar-refractivity contribution in [3.8, 4) is 0 Å². The molecule has 1 saturated carbocycles. The van der Waals surface area contributed by atoms with Crippen molar-refractivity contribution in [2.24, 2.45) is 5.92 Å². The van der Waals surface area contributed by atoms with Crippen LogP contribution in [0.15, 0.2) is 0 Å². The van der Waals surface area contributed by atoms with E-state index in [0.717, 1.165) is 31.7 Å². The summed E-state index contributed by atoms with van der Waals surface area (Å²) in [5.74, 6) is 0.851. The minimum absolute atomic E-state index is 0.354. The summed E-state index contributed by atoms with van der Waals surface area (Å²) in [5, 5.41) is 3.45. The Hall–Kier alpha value is -0.120. The predicted molar refractivity (Wildman–Crippen MR) is 68.8 cm³/mol. The molecule has 1 aliphatic carbocycles. The summed E-state index contributed by atoms with van der Waals surface area (Å²) in [4.78, 5) is 2.47. The molecule has 0 aromatic rings. The van der Waals surface area contributed by atoms with E-state index in [1.807, 2.05) is 0 Å². The molecule has 1 aliphatic rings. The fourth-order valence-corrected chi connectivity index (χ4v) is 2.30. The highest BCUT2D eigenvalue weighted by molar-refractivity contribution is 4.88. The third-order valence-corrected chi connectivity index (χ3v) is 3.50. The normalized spacial score (nSPS) is 25.1. The van der Waals surface area contributed by atoms with Crippen LogP contribution in [-0.2, 0) is 4.74 Å². The summed E-state index contributed by atoms with van der Waals surface area (Å²) < 4.78 is 5.59. The van der Waals surface area contributed by atoms with Crippen LogP contribution in [0.25, 0.3) is 0 Å². The summed E-state index contributed by atoms with van der Waals surface area (Å²) in [6.07, 6.45) is 3.09. The molecule has 0 aromatic carbocycles. The standard InChI is InChI=1S/C13H28N2O/c1-5-14-10-12-6-7-13(12)15(4)8-9-16-11(2)3/h11-14H,5-10H2,1-4H3. The minimum atomic E-state index is 0.354. The summed E-state index contributed by atoms with van der Waals surface area (Å²) in [6, 6.07) is 0.773. The van der Waals surface area contributed by atoms with Gasteiger partial charge in [-0.05, 0) is 52.7 Å². The van der Waals surface area contributed by atoms with Gasteiger partial charge in [0.2, 0.25) is 0 Å². The molecule has 0 bridgehead atoms. The number of nitrogens with zero attached hydrogens (tertiary/aromatic N) is 1. The fraction of sp³-hybridized carbons (Fsp3) is 1.00. The van der Waals surface area contributed by atoms with Crippen molar-refractivity contribution < 1.29 is 4.74 Å². The van der Waals surface area contributed by atoms with Gasteiger partial charge in [0.25, 0.3) is 0 Å². The zero-order valence-corrected chi connectivity index (χ0v) is 11.3. The zero-order valence-electron chi connectivity index (χ0n) is 11.3. The van der Waals surface area contributed by atoms with Gasteiger partial charge in [-0.3, -0.25) is 0 Å². The van der Waals surface area contributed by atoms with E-state index in [-0.39, 0.29) is 0 Å². The largest absolute Gasteiger partial charge is 0.377 e. The van der Waals surface area contributed by atoms with Crippen molar-refractivity contribution in [3.63, 3.8) is 0 Å². The maximum atomic E-state index is 5.59. The molecule has 0 aromatic heterocycles. The van der Waals surface area contributed by atoms with Crippen LogP contribution in [0.1, 0.15) is 33.6 Å². The first kappa shape index (κ1) is 13.9. The molecule has 3 nitrogen and oxygen atoms in total. The Balaban J connectivity index is 2.13. The Morgan fingerprint density at radius 2 is 2.12 bits per heavy atom. The molecular formula is C13H28N2O. The SMILES string of the molecule is CCNCC1CCC1N(C)CCOC(C)C. The lowest BCUT2D eigenvalue weighted by Gasteiger charge is -2.43. The molecule has 0 heterocycles. The second-order valence-corrected chi connectivity index (χ2v) is 5.11. The first-order valence-electron chi connectivity index (χ1n) is 6.67. The van der Waals surface area contributed by atoms with Crippen molar-refractivity contribution in [1.82, 2.24) is 10.2 Å². The molecule has 96 valence electrons. The first-order valence-corrected chi connectivity index (χ1v) is 6.67. The quantitative estimate of drug-likeness (QED) is 0.685. The van der Waals surface area contributed by atoms with Crippen molar-refractivity contribution in [2.75, 3.05) is 33.3 Å². The summed E-state index contributed by atoms with van der Waals surface area (Å²) in [5.41, 5.74) is 0. The number of nitrogens with one attached hydrogen (secondary N) is 1. The molecule has 16 heavy (non-hydrogen) atoms. The Morgan fingerprint density at radius 3 is 2.62 bits per heavy atom. The smallest absolute Gasteiger partial charge is 0.0596 e. The molecule has 3 heteroatoms. The zero-order chi connectivity index (χ0) is 12.0. The van der Waals surface area contributed by atoms with E-state index in [4.69, 9.17) is 4.74 Å². The number of rotatable bonds is 8. The van der Waals surface area contributed by atoms with Gasteiger partial charge in [-0.15, -0.1) is 0 Å². The highest BCUT2D eigenvalue weighted by Crippen LogP contribution is 2.30. The Labute approximate surface area is 101 Å². The van der Waals surface area contributed by atoms with E-state index in [2.05, 4.69) is 38.0 Å². The van der Waals surface area contributed by atoms with E-state index in [1.54, 1.807) is 0 Å². The molecule has 2 unspecified atom stereocenters. The lowest BCUT2D eigenvalue weighted by molar-refractivity contribution is 0.0265. The van der Waals surface area contributed by atoms with Gasteiger partial charge in [0, 0.05) is 12.6 Å². The van der Waals surface area contributed by atoms with Gasteiger partial charge in [-0.25, -0.2) is 0 Å². The molecule has 1 rings (SSSR count). The van der Waals surface area contributed by atoms with Crippen LogP contribution in [0.2, 0.25) is 0 Å². The highest BCUT2D eigenvalue weighted by Gasteiger charge is 2.32. The van der Waals surface area contributed by atoms with Crippen LogP contribution < -0.4 is 5.32 Å². The van der Waals surface area contributed by atoms with Crippen LogP contribution in [0.3, 0.4) is 0 Å². The molecule has 2 atom stereocenters. The molecule has 0 aliphatic heterocycles. The van der Waals surface area contributed by atoms with E-state index < -0.39 is 0 Å². The first-order chi connectivity index (χ1) is 7.65. The minimum Gasteiger partial charge on any atom is -0.377 e. The van der Waals surface area contributed by atoms with Crippen molar-refractivity contribution in [2.45, 2.75) is 45.8 Å². The second kappa shape index (κ2) is 7.25. The van der Waals surface area contributed by atoms with E-state index in [9.17, 15) is 0 Å². The monoisotopic (exact) mass is 228 g/mol. The van der Waals surface area contributed by atoms with Crippen LogP contribution in [-0.4, -0.2) is 50.3 Å². The van der Waals surface area contributed by atoms with Gasteiger partial charge in [0.1, 0.15) is 0 Å². The van der Waals surface area contributed by atoms with E-state index >= 15 is 0 Å². The lowest BCUT2D eigenvalue weighted by atomic mass is 9.78. The Bertz CT molecular complexity index is 185. The lowest BCUT2D eigenvalue weighted by Crippen LogP contribution is -2.49. The summed E-state index contributed by atoms with van der Waals surface area (Å²) >= 11 is 0. The number of ether oxygens (including phenoxy) is 1. The van der Waals surface area contributed by atoms with Gasteiger partial charge in [-0.1, -0.05) is 6.92 Å². The van der Waals surface area contributed by atoms with Gasteiger partial charge < -0.3 is 15.0 Å². The topological polar surface area (TPSA) is 24.5 Å². The molecular weight excluding hydrogens is 200 g/mol. The fourth-order valence-electron chi connectivity index (χ4n) is 2.30. The number of hydrogen-bond acceptors (Lipinski definition) is 3.